The molecule has 2 aliphatic heterocycles. The molecule has 0 spiro atoms. The molecule has 2 aliphatic carbocycles. The van der Waals surface area contributed by atoms with Crippen molar-refractivity contribution in [2.45, 2.75) is 75.8 Å². The number of nitrogens with zero attached hydrogens (tertiary/aromatic N) is 3. The lowest BCUT2D eigenvalue weighted by Crippen LogP contribution is -2.47. The van der Waals surface area contributed by atoms with Crippen LogP contribution in [0.3, 0.4) is 0 Å². The van der Waals surface area contributed by atoms with Crippen LogP contribution in [0.15, 0.2) is 71.1 Å². The number of aliphatic hydroxyl groups excluding tert-OH is 1. The molecule has 3 aromatic rings. The summed E-state index contributed by atoms with van der Waals surface area (Å²) in [6.07, 6.45) is 5.75. The van der Waals surface area contributed by atoms with E-state index >= 15 is 0 Å². The van der Waals surface area contributed by atoms with Gasteiger partial charge in [0.2, 0.25) is 0 Å². The average Bonchev–Trinajstić information content (AvgIpc) is 3.15. The van der Waals surface area contributed by atoms with E-state index in [4.69, 9.17) is 16.3 Å². The minimum absolute atomic E-state index is 0.0370. The number of hydrogen-bond donors (Lipinski definition) is 3. The molecule has 1 saturated carbocycles. The number of aliphatic hydroxyl groups is 1. The number of halogens is 1. The van der Waals surface area contributed by atoms with Crippen molar-refractivity contribution in [3.05, 3.63) is 92.5 Å². The van der Waals surface area contributed by atoms with Gasteiger partial charge in [-0.05, 0) is 104 Å². The van der Waals surface area contributed by atoms with E-state index in [1.54, 1.807) is 12.1 Å². The number of sulfonamides is 1. The van der Waals surface area contributed by atoms with Gasteiger partial charge in [-0.1, -0.05) is 43.2 Å². The highest BCUT2D eigenvalue weighted by atomic mass is 35.5. The number of carbonyl (C=O) groups is 1. The molecule has 0 radical (unpaired) electrons. The maximum absolute atomic E-state index is 13.4. The molecule has 7 rings (SSSR count). The quantitative estimate of drug-likeness (QED) is 0.155. The van der Waals surface area contributed by atoms with Crippen molar-refractivity contribution in [3.63, 3.8) is 0 Å². The van der Waals surface area contributed by atoms with Gasteiger partial charge in [0.1, 0.15) is 6.61 Å². The van der Waals surface area contributed by atoms with Gasteiger partial charge in [0.15, 0.2) is 11.4 Å². The minimum Gasteiger partial charge on any atom is -0.489 e. The summed E-state index contributed by atoms with van der Waals surface area (Å²) in [5.74, 6) is -0.646. The zero-order valence-electron chi connectivity index (χ0n) is 30.7. The fraction of sp³-hybridized carbons (Fsp3) is 0.475. The Kier molecular flexibility index (Phi) is 11.0. The topological polar surface area (TPSA) is 154 Å². The fourth-order valence-corrected chi connectivity index (χ4v) is 9.39. The number of amides is 1. The first kappa shape index (κ1) is 38.1. The summed E-state index contributed by atoms with van der Waals surface area (Å²) in [6, 6.07) is 16.9. The van der Waals surface area contributed by atoms with Crippen LogP contribution in [-0.4, -0.2) is 80.7 Å². The van der Waals surface area contributed by atoms with Crippen molar-refractivity contribution >= 4 is 50.2 Å². The van der Waals surface area contributed by atoms with Crippen LogP contribution in [0, 0.1) is 21.4 Å². The van der Waals surface area contributed by atoms with Crippen molar-refractivity contribution in [1.82, 2.24) is 9.62 Å². The number of piperazine rings is 1. The number of hydrogen-bond acceptors (Lipinski definition) is 10. The first-order chi connectivity index (χ1) is 25.7. The number of benzene rings is 3. The van der Waals surface area contributed by atoms with E-state index in [0.29, 0.717) is 12.8 Å². The maximum Gasteiger partial charge on any atom is 0.297 e. The van der Waals surface area contributed by atoms with E-state index in [-0.39, 0.29) is 47.1 Å². The van der Waals surface area contributed by atoms with Crippen molar-refractivity contribution < 1.29 is 28.0 Å². The lowest BCUT2D eigenvalue weighted by molar-refractivity contribution is -0.384. The normalized spacial score (nSPS) is 23.2. The van der Waals surface area contributed by atoms with E-state index in [0.717, 1.165) is 81.6 Å². The third-order valence-electron chi connectivity index (χ3n) is 11.5. The second-order valence-corrected chi connectivity index (χ2v) is 18.0. The largest absolute Gasteiger partial charge is 0.489 e. The van der Waals surface area contributed by atoms with Gasteiger partial charge in [0.25, 0.3) is 21.6 Å². The first-order valence-corrected chi connectivity index (χ1v) is 20.6. The van der Waals surface area contributed by atoms with Crippen molar-refractivity contribution in [1.29, 1.82) is 0 Å². The molecule has 1 amide bonds. The summed E-state index contributed by atoms with van der Waals surface area (Å²) in [6.45, 7) is 9.20. The SMILES string of the molecule is CC1(C)CCC(CN2CCN(c3ccc(C(=O)NS(=O)(=O)c4cc5c(c([N+](=O)[O-])c4)NC(C4CCC(O)CC4)CO5)cc3)CC2)=C(c2ccc(Cl)cc2)C1. The Morgan fingerprint density at radius 2 is 1.72 bits per heavy atom. The van der Waals surface area contributed by atoms with Crippen LogP contribution in [0.25, 0.3) is 5.57 Å². The average molecular weight is 778 g/mol. The van der Waals surface area contributed by atoms with Crippen molar-refractivity contribution in [2.24, 2.45) is 11.3 Å². The third-order valence-corrected chi connectivity index (χ3v) is 13.1. The summed E-state index contributed by atoms with van der Waals surface area (Å²) >= 11 is 6.19. The second-order valence-electron chi connectivity index (χ2n) is 15.9. The smallest absolute Gasteiger partial charge is 0.297 e. The monoisotopic (exact) mass is 777 g/mol. The van der Waals surface area contributed by atoms with Crippen LogP contribution in [0.4, 0.5) is 17.1 Å². The summed E-state index contributed by atoms with van der Waals surface area (Å²) in [5, 5.41) is 25.9. The molecule has 4 aliphatic rings. The molecular formula is C40H48ClN5O7S. The molecule has 54 heavy (non-hydrogen) atoms. The minimum atomic E-state index is -4.48. The van der Waals surface area contributed by atoms with E-state index in [1.807, 2.05) is 24.3 Å². The fourth-order valence-electron chi connectivity index (χ4n) is 8.26. The van der Waals surface area contributed by atoms with Gasteiger partial charge in [-0.3, -0.25) is 19.8 Å². The molecule has 3 aromatic carbocycles. The van der Waals surface area contributed by atoms with E-state index < -0.39 is 31.4 Å². The van der Waals surface area contributed by atoms with Crippen molar-refractivity contribution in [3.8, 4) is 5.75 Å². The Bertz CT molecular complexity index is 2020. The van der Waals surface area contributed by atoms with Gasteiger partial charge in [0, 0.05) is 61.1 Å². The number of nitro groups is 1. The molecule has 2 heterocycles. The number of anilines is 2. The number of carbonyl (C=O) groups excluding carboxylic acids is 1. The Balaban J connectivity index is 0.972. The van der Waals surface area contributed by atoms with Crippen LogP contribution < -0.4 is 19.7 Å². The molecule has 0 bridgehead atoms. The molecule has 1 saturated heterocycles. The molecule has 288 valence electrons. The van der Waals surface area contributed by atoms with Gasteiger partial charge in [-0.25, -0.2) is 13.1 Å². The number of nitrogens with one attached hydrogen (secondary N) is 2. The number of rotatable bonds is 9. The molecule has 14 heteroatoms. The summed E-state index contributed by atoms with van der Waals surface area (Å²) in [7, 11) is -4.48. The molecule has 0 aromatic heterocycles. The van der Waals surface area contributed by atoms with Crippen molar-refractivity contribution in [2.75, 3.05) is 49.5 Å². The lowest BCUT2D eigenvalue weighted by atomic mass is 9.72. The summed E-state index contributed by atoms with van der Waals surface area (Å²) < 4.78 is 34.7. The van der Waals surface area contributed by atoms with Crippen LogP contribution in [0.1, 0.15) is 74.7 Å². The van der Waals surface area contributed by atoms with Gasteiger partial charge < -0.3 is 20.1 Å². The Hall–Kier alpha value is -4.17. The molecule has 2 fully saturated rings. The lowest BCUT2D eigenvalue weighted by Gasteiger charge is -2.39. The zero-order valence-corrected chi connectivity index (χ0v) is 32.3. The Morgan fingerprint density at radius 1 is 1.04 bits per heavy atom. The molecule has 12 nitrogen and oxygen atoms in total. The van der Waals surface area contributed by atoms with Gasteiger partial charge in [-0.15, -0.1) is 0 Å². The highest BCUT2D eigenvalue weighted by molar-refractivity contribution is 7.90. The molecule has 1 atom stereocenters. The highest BCUT2D eigenvalue weighted by Crippen LogP contribution is 2.44. The predicted molar refractivity (Wildman–Crippen MR) is 210 cm³/mol. The highest BCUT2D eigenvalue weighted by Gasteiger charge is 2.36. The summed E-state index contributed by atoms with van der Waals surface area (Å²) in [5.41, 5.74) is 5.18. The number of fused-ring (bicyclic) bond motifs is 1. The molecular weight excluding hydrogens is 730 g/mol. The first-order valence-electron chi connectivity index (χ1n) is 18.8. The standard InChI is InChI=1S/C40H48ClN5O7S/c1-40(2)16-15-29(34(23-40)26-3-9-30(41)10-4-26)24-44-17-19-45(20-18-44)31-11-5-28(6-12-31)39(48)43-54(51,52)33-21-36(46(49)50)38-37(22-33)53-25-35(42-38)27-7-13-32(47)14-8-27/h3-6,9-12,21-22,27,32,35,42,47H,7-8,13-20,23-25H2,1-2H3,(H,43,48). The predicted octanol–water partition coefficient (Wildman–Crippen LogP) is 6.88. The van der Waals surface area contributed by atoms with Crippen LogP contribution in [0.5, 0.6) is 5.75 Å². The Labute approximate surface area is 321 Å². The zero-order chi connectivity index (χ0) is 38.2. The van der Waals surface area contributed by atoms with Gasteiger partial charge in [0.05, 0.1) is 22.0 Å². The summed E-state index contributed by atoms with van der Waals surface area (Å²) in [4.78, 5) is 28.9. The Morgan fingerprint density at radius 3 is 2.39 bits per heavy atom. The second kappa shape index (κ2) is 15.5. The van der Waals surface area contributed by atoms with Crippen LogP contribution in [-0.2, 0) is 10.0 Å². The maximum atomic E-state index is 13.4. The number of nitro benzene ring substituents is 1. The number of allylic oxidation sites excluding steroid dienone is 1. The molecule has 1 unspecified atom stereocenters. The van der Waals surface area contributed by atoms with Crippen LogP contribution in [0.2, 0.25) is 5.02 Å². The van der Waals surface area contributed by atoms with E-state index in [1.165, 1.54) is 22.8 Å². The van der Waals surface area contributed by atoms with E-state index in [2.05, 4.69) is 45.8 Å². The van der Waals surface area contributed by atoms with Gasteiger partial charge in [-0.2, -0.15) is 0 Å². The molecule has 3 N–H and O–H groups in total. The number of ether oxygens (including phenoxy) is 1. The van der Waals surface area contributed by atoms with Gasteiger partial charge >= 0.3 is 0 Å². The van der Waals surface area contributed by atoms with Crippen LogP contribution >= 0.6 is 11.6 Å². The van der Waals surface area contributed by atoms with E-state index in [9.17, 15) is 28.4 Å². The third kappa shape index (κ3) is 8.54.